The third-order valence-electron chi connectivity index (χ3n) is 1.26. The fourth-order valence-corrected chi connectivity index (χ4v) is 0.709. The summed E-state index contributed by atoms with van der Waals surface area (Å²) in [5.74, 6) is 0.0764. The topological polar surface area (TPSA) is 75.7 Å². The molecule has 11 heavy (non-hydrogen) atoms. The standard InChI is InChI=1S/C6H6N4O/c1-5-3-2-4-6(8-9-7)10(5)11/h2-4H,1H3. The number of azide groups is 1. The highest BCUT2D eigenvalue weighted by atomic mass is 16.5. The van der Waals surface area contributed by atoms with Gasteiger partial charge in [-0.05, 0) is 19.1 Å². The van der Waals surface area contributed by atoms with E-state index in [1.807, 2.05) is 0 Å². The molecule has 56 valence electrons. The Morgan fingerprint density at radius 3 is 3.00 bits per heavy atom. The van der Waals surface area contributed by atoms with E-state index in [9.17, 15) is 5.21 Å². The quantitative estimate of drug-likeness (QED) is 0.197. The number of hydrogen-bond acceptors (Lipinski definition) is 2. The second-order valence-corrected chi connectivity index (χ2v) is 2.01. The van der Waals surface area contributed by atoms with Crippen LogP contribution in [-0.4, -0.2) is 0 Å². The SMILES string of the molecule is Cc1cccc(N=[N+]=[N-])[n+]1[O-]. The van der Waals surface area contributed by atoms with Gasteiger partial charge in [-0.3, -0.25) is 0 Å². The molecule has 0 unspecified atom stereocenters. The van der Waals surface area contributed by atoms with E-state index in [2.05, 4.69) is 10.0 Å². The van der Waals surface area contributed by atoms with Crippen LogP contribution < -0.4 is 4.73 Å². The van der Waals surface area contributed by atoms with Crippen molar-refractivity contribution in [3.8, 4) is 0 Å². The summed E-state index contributed by atoms with van der Waals surface area (Å²) < 4.78 is 0.583. The van der Waals surface area contributed by atoms with Gasteiger partial charge in [0.25, 0.3) is 0 Å². The summed E-state index contributed by atoms with van der Waals surface area (Å²) >= 11 is 0. The van der Waals surface area contributed by atoms with E-state index in [0.29, 0.717) is 10.4 Å². The summed E-state index contributed by atoms with van der Waals surface area (Å²) in [6.45, 7) is 1.64. The van der Waals surface area contributed by atoms with Crippen LogP contribution in [0.15, 0.2) is 23.3 Å². The molecule has 0 spiro atoms. The third kappa shape index (κ3) is 1.39. The molecule has 0 saturated heterocycles. The molecule has 0 N–H and O–H groups in total. The Bertz CT molecular complexity index is 316. The minimum absolute atomic E-state index is 0.0764. The van der Waals surface area contributed by atoms with Crippen molar-refractivity contribution >= 4 is 5.82 Å². The van der Waals surface area contributed by atoms with Gasteiger partial charge in [-0.1, -0.05) is 0 Å². The summed E-state index contributed by atoms with van der Waals surface area (Å²) in [5.41, 5.74) is 8.55. The maximum Gasteiger partial charge on any atom is 0.419 e. The van der Waals surface area contributed by atoms with Gasteiger partial charge in [0.1, 0.15) is 5.69 Å². The Labute approximate surface area is 63.1 Å². The van der Waals surface area contributed by atoms with Crippen LogP contribution in [-0.2, 0) is 0 Å². The van der Waals surface area contributed by atoms with Gasteiger partial charge >= 0.3 is 10.9 Å². The van der Waals surface area contributed by atoms with Gasteiger partial charge in [0.2, 0.25) is 4.91 Å². The van der Waals surface area contributed by atoms with Crippen LogP contribution in [0.4, 0.5) is 5.82 Å². The smallest absolute Gasteiger partial charge is 0.419 e. The maximum atomic E-state index is 11.0. The van der Waals surface area contributed by atoms with E-state index in [1.165, 1.54) is 6.07 Å². The maximum absolute atomic E-state index is 11.0. The van der Waals surface area contributed by atoms with E-state index < -0.39 is 0 Å². The normalized spacial score (nSPS) is 8.82. The second kappa shape index (κ2) is 2.90. The number of pyridine rings is 1. The zero-order chi connectivity index (χ0) is 8.27. The lowest BCUT2D eigenvalue weighted by molar-refractivity contribution is -0.598. The Kier molecular flexibility index (Phi) is 1.94. The van der Waals surface area contributed by atoms with Gasteiger partial charge in [0, 0.05) is 11.6 Å². The summed E-state index contributed by atoms with van der Waals surface area (Å²) in [7, 11) is 0. The van der Waals surface area contributed by atoms with Crippen molar-refractivity contribution in [2.45, 2.75) is 6.92 Å². The second-order valence-electron chi connectivity index (χ2n) is 2.01. The molecular weight excluding hydrogens is 144 g/mol. The third-order valence-corrected chi connectivity index (χ3v) is 1.26. The highest BCUT2D eigenvalue weighted by molar-refractivity contribution is 5.20. The van der Waals surface area contributed by atoms with Gasteiger partial charge < -0.3 is 5.21 Å². The van der Waals surface area contributed by atoms with Crippen LogP contribution in [0.3, 0.4) is 0 Å². The fourth-order valence-electron chi connectivity index (χ4n) is 0.709. The summed E-state index contributed by atoms with van der Waals surface area (Å²) in [4.78, 5) is 2.51. The Morgan fingerprint density at radius 1 is 1.64 bits per heavy atom. The first kappa shape index (κ1) is 7.37. The first-order chi connectivity index (χ1) is 5.25. The molecule has 0 saturated carbocycles. The van der Waals surface area contributed by atoms with Crippen LogP contribution in [0, 0.1) is 12.1 Å². The van der Waals surface area contributed by atoms with Crippen molar-refractivity contribution in [1.29, 1.82) is 0 Å². The zero-order valence-corrected chi connectivity index (χ0v) is 5.93. The van der Waals surface area contributed by atoms with E-state index in [0.717, 1.165) is 0 Å². The first-order valence-corrected chi connectivity index (χ1v) is 3.00. The largest absolute Gasteiger partial charge is 0.710 e. The minimum Gasteiger partial charge on any atom is -0.710 e. The molecule has 1 aromatic rings. The van der Waals surface area contributed by atoms with E-state index >= 15 is 0 Å². The molecule has 5 nitrogen and oxygen atoms in total. The highest BCUT2D eigenvalue weighted by Crippen LogP contribution is 2.04. The zero-order valence-electron chi connectivity index (χ0n) is 5.93. The Morgan fingerprint density at radius 2 is 2.36 bits per heavy atom. The van der Waals surface area contributed by atoms with Crippen molar-refractivity contribution in [3.05, 3.63) is 39.5 Å². The molecular formula is C6H6N4O. The molecule has 0 aliphatic rings. The van der Waals surface area contributed by atoms with Gasteiger partial charge in [0.15, 0.2) is 0 Å². The van der Waals surface area contributed by atoms with Crippen molar-refractivity contribution in [2.75, 3.05) is 0 Å². The van der Waals surface area contributed by atoms with Crippen LogP contribution in [0.1, 0.15) is 5.69 Å². The number of rotatable bonds is 1. The van der Waals surface area contributed by atoms with E-state index in [-0.39, 0.29) is 5.82 Å². The van der Waals surface area contributed by atoms with Crippen molar-refractivity contribution in [1.82, 2.24) is 0 Å². The summed E-state index contributed by atoms with van der Waals surface area (Å²) in [6.07, 6.45) is 0. The van der Waals surface area contributed by atoms with Crippen molar-refractivity contribution < 1.29 is 4.73 Å². The Balaban J connectivity index is 3.26. The lowest BCUT2D eigenvalue weighted by Crippen LogP contribution is -2.29. The molecule has 5 heteroatoms. The molecule has 0 fully saturated rings. The Hall–Kier alpha value is -1.74. The fraction of sp³-hybridized carbons (Fsp3) is 0.167. The number of aromatic nitrogens is 1. The molecule has 1 aromatic heterocycles. The first-order valence-electron chi connectivity index (χ1n) is 3.00. The van der Waals surface area contributed by atoms with Crippen LogP contribution in [0.25, 0.3) is 10.4 Å². The molecule has 0 aromatic carbocycles. The summed E-state index contributed by atoms with van der Waals surface area (Å²) in [6, 6.07) is 4.76. The monoisotopic (exact) mass is 150 g/mol. The number of hydrogen-bond donors (Lipinski definition) is 0. The average Bonchev–Trinajstić information content (AvgIpc) is 1.99. The minimum atomic E-state index is 0.0764. The van der Waals surface area contributed by atoms with Crippen LogP contribution in [0.2, 0.25) is 0 Å². The van der Waals surface area contributed by atoms with Gasteiger partial charge in [-0.2, -0.15) is 0 Å². The van der Waals surface area contributed by atoms with Gasteiger partial charge in [-0.25, -0.2) is 4.73 Å². The molecule has 1 rings (SSSR count). The van der Waals surface area contributed by atoms with Crippen molar-refractivity contribution in [2.24, 2.45) is 5.11 Å². The molecule has 1 heterocycles. The number of aryl methyl sites for hydroxylation is 1. The molecule has 0 atom stereocenters. The molecule has 0 amide bonds. The molecule has 0 aliphatic carbocycles. The summed E-state index contributed by atoms with van der Waals surface area (Å²) in [5, 5.41) is 14.2. The predicted octanol–water partition coefficient (Wildman–Crippen LogP) is 1.57. The van der Waals surface area contributed by atoms with Gasteiger partial charge in [-0.15, -0.1) is 0 Å². The van der Waals surface area contributed by atoms with Gasteiger partial charge in [0.05, 0.1) is 0 Å². The van der Waals surface area contributed by atoms with Crippen molar-refractivity contribution in [3.63, 3.8) is 0 Å². The van der Waals surface area contributed by atoms with E-state index in [4.69, 9.17) is 5.53 Å². The molecule has 0 bridgehead atoms. The lowest BCUT2D eigenvalue weighted by Gasteiger charge is -2.02. The molecule has 0 radical (unpaired) electrons. The highest BCUT2D eigenvalue weighted by Gasteiger charge is 2.09. The number of nitrogens with zero attached hydrogens (tertiary/aromatic N) is 4. The lowest BCUT2D eigenvalue weighted by atomic mass is 10.4. The predicted molar refractivity (Wildman–Crippen MR) is 38.9 cm³/mol. The molecule has 0 aliphatic heterocycles. The van der Waals surface area contributed by atoms with Crippen LogP contribution in [0.5, 0.6) is 0 Å². The van der Waals surface area contributed by atoms with Crippen LogP contribution >= 0.6 is 0 Å². The average molecular weight is 150 g/mol. The van der Waals surface area contributed by atoms with E-state index in [1.54, 1.807) is 19.1 Å².